The van der Waals surface area contributed by atoms with Crippen LogP contribution in [0.25, 0.3) is 66.3 Å². The summed E-state index contributed by atoms with van der Waals surface area (Å²) in [6.45, 7) is 28.8. The van der Waals surface area contributed by atoms with Crippen molar-refractivity contribution in [3.63, 3.8) is 0 Å². The SMILES string of the molecule is C.C/C=C\n1nnn(-c2ccccc2)c1=O.C/C=C\n1nnn(-c2ccccn2)c1=O.C/C=C\n1nnn(-c2cccnc2)c1=O.C/C=C\n1nnn(-c2ccncc2)c1=O.C/C=C\n1nnn(C2CC2)c1=O.C/C=C\n1nnn(C2CCCC2)c1=O.C/C=C\n1nnn(C2CCCCC2)c1=O.CC.CC.CC.CC. The Morgan fingerprint density at radius 2 is 0.582 bits per heavy atom. The number of benzene rings is 1. The minimum atomic E-state index is -0.341. The average Bonchev–Trinajstić information content (AvgIpc) is 1.67. The third-order valence-electron chi connectivity index (χ3n) is 14.5. The lowest BCUT2D eigenvalue weighted by molar-refractivity contribution is 0.318. The van der Waals surface area contributed by atoms with E-state index in [4.69, 9.17) is 0 Å². The van der Waals surface area contributed by atoms with Gasteiger partial charge in [-0.3, -0.25) is 9.97 Å². The predicted octanol–water partition coefficient (Wildman–Crippen LogP) is 9.35. The first kappa shape index (κ1) is 91.2. The maximum atomic E-state index is 11.8. The van der Waals surface area contributed by atoms with Crippen molar-refractivity contribution >= 4 is 43.4 Å². The van der Waals surface area contributed by atoms with Gasteiger partial charge in [0.2, 0.25) is 0 Å². The molecule has 3 fully saturated rings. The molecule has 0 saturated heterocycles. The molecular weight excluding hydrogens is 1410 g/mol. The van der Waals surface area contributed by atoms with Crippen LogP contribution in [0.4, 0.5) is 0 Å². The second-order valence-corrected chi connectivity index (χ2v) is 21.7. The summed E-state index contributed by atoms with van der Waals surface area (Å²) in [5.41, 5.74) is 0.305. The molecule has 3 aliphatic carbocycles. The summed E-state index contributed by atoms with van der Waals surface area (Å²) in [5.74, 6) is 0.457. The molecule has 0 radical (unpaired) electrons. The van der Waals surface area contributed by atoms with Gasteiger partial charge in [-0.25, -0.2) is 38.5 Å². The fourth-order valence-corrected chi connectivity index (χ4v) is 9.60. The summed E-state index contributed by atoms with van der Waals surface area (Å²) in [6.07, 6.45) is 43.5. The minimum Gasteiger partial charge on any atom is -0.265 e. The first-order chi connectivity index (χ1) is 53.3. The van der Waals surface area contributed by atoms with Gasteiger partial charge in [0.15, 0.2) is 5.82 Å². The molecular formula is C72H105N31O7. The van der Waals surface area contributed by atoms with Crippen LogP contribution >= 0.6 is 0 Å². The van der Waals surface area contributed by atoms with Crippen LogP contribution in [0.2, 0.25) is 0 Å². The Balaban J connectivity index is 0.000000327. The molecule has 3 aliphatic rings. The highest BCUT2D eigenvalue weighted by Gasteiger charge is 2.28. The Morgan fingerprint density at radius 3 is 0.918 bits per heavy atom. The van der Waals surface area contributed by atoms with Gasteiger partial charge in [-0.05, 0) is 209 Å². The number of rotatable bonds is 14. The van der Waals surface area contributed by atoms with Gasteiger partial charge in [-0.15, -0.1) is 4.68 Å². The minimum absolute atomic E-state index is 0. The van der Waals surface area contributed by atoms with E-state index in [9.17, 15) is 33.6 Å². The van der Waals surface area contributed by atoms with Gasteiger partial charge in [0, 0.05) is 68.2 Å². The van der Waals surface area contributed by atoms with Gasteiger partial charge in [0.05, 0.1) is 41.4 Å². The van der Waals surface area contributed by atoms with Crippen LogP contribution in [0.15, 0.2) is 180 Å². The molecule has 14 rings (SSSR count). The molecule has 38 heteroatoms. The Hall–Kier alpha value is -13.1. The van der Waals surface area contributed by atoms with E-state index in [1.807, 2.05) is 101 Å². The normalized spacial score (nSPS) is 13.0. The highest BCUT2D eigenvalue weighted by Crippen LogP contribution is 2.32. The Kier molecular flexibility index (Phi) is 42.4. The van der Waals surface area contributed by atoms with E-state index in [2.05, 4.69) is 87.9 Å². The molecule has 0 N–H and O–H groups in total. The number of hydrogen-bond donors (Lipinski definition) is 0. The zero-order valence-corrected chi connectivity index (χ0v) is 64.6. The monoisotopic (exact) mass is 1520 g/mol. The molecule has 1 aromatic carbocycles. The lowest BCUT2D eigenvalue weighted by Gasteiger charge is -2.19. The van der Waals surface area contributed by atoms with Gasteiger partial charge < -0.3 is 0 Å². The summed E-state index contributed by atoms with van der Waals surface area (Å²) in [5, 5.41) is 52.6. The standard InChI is InChI=1S/C10H16N4O.C10H10N4O.3C9H9N5O.C9H14N4O.C7H10N4O.4C2H6.CH4/c2*1-2-8-13-10(15)14(12-11-13)9-6-4-3-5-7-9;1-2-7-13-9(15)14(12-11-13)8-3-5-10-6-4-8;1-2-7-13-9(15)14(12-11-13)8-5-3-4-6-10-8;1-2-6-13-9(15)14(12-11-13)8-4-3-5-10-7-8;1-2-7-12-9(14)13(11-10-12)8-5-3-4-6-8;1-2-5-10-7(12)11(9-8-10)6-3-4-6;4*1-2;/h2,8-9H,3-7H2,1H3;2-8H,1H3;3*2-7H,1H3;2,7-8H,3-6H2,1H3;2,5-6H,3-4H2,1H3;4*1-2H3;1H4/b2*8-2-;2*7-2-;6-2-;7-2-;5-2-;;;;;. The molecule has 0 spiro atoms. The molecule has 38 nitrogen and oxygen atoms in total. The van der Waals surface area contributed by atoms with Crippen LogP contribution in [0.3, 0.4) is 0 Å². The lowest BCUT2D eigenvalue weighted by atomic mass is 9.96. The third kappa shape index (κ3) is 26.8. The quantitative estimate of drug-likeness (QED) is 0.0977. The van der Waals surface area contributed by atoms with Crippen LogP contribution in [0, 0.1) is 0 Å². The number of aromatic nitrogens is 31. The van der Waals surface area contributed by atoms with E-state index in [1.165, 1.54) is 89.8 Å². The van der Waals surface area contributed by atoms with Crippen molar-refractivity contribution in [2.75, 3.05) is 0 Å². The maximum Gasteiger partial charge on any atom is 0.374 e. The second-order valence-electron chi connectivity index (χ2n) is 21.7. The number of pyridine rings is 3. The third-order valence-corrected chi connectivity index (χ3v) is 14.5. The first-order valence-electron chi connectivity index (χ1n) is 36.3. The molecule has 10 aromatic heterocycles. The fourth-order valence-electron chi connectivity index (χ4n) is 9.60. The largest absolute Gasteiger partial charge is 0.374 e. The van der Waals surface area contributed by atoms with E-state index < -0.39 is 0 Å². The van der Waals surface area contributed by atoms with Gasteiger partial charge in [0.1, 0.15) is 0 Å². The topological polar surface area (TPSA) is 408 Å². The van der Waals surface area contributed by atoms with Gasteiger partial charge in [-0.1, -0.05) is 162 Å². The number of allylic oxidation sites excluding steroid dienone is 7. The van der Waals surface area contributed by atoms with Crippen LogP contribution in [0.5, 0.6) is 0 Å². The van der Waals surface area contributed by atoms with E-state index in [1.54, 1.807) is 186 Å². The van der Waals surface area contributed by atoms with Gasteiger partial charge in [-0.2, -0.15) is 60.9 Å². The summed E-state index contributed by atoms with van der Waals surface area (Å²) in [4.78, 5) is 93.4. The van der Waals surface area contributed by atoms with E-state index in [-0.39, 0.29) is 59.3 Å². The smallest absolute Gasteiger partial charge is 0.265 e. The molecule has 0 unspecified atom stereocenters. The number of hydrogen-bond acceptors (Lipinski definition) is 24. The van der Waals surface area contributed by atoms with Crippen molar-refractivity contribution < 1.29 is 0 Å². The molecule has 110 heavy (non-hydrogen) atoms. The van der Waals surface area contributed by atoms with E-state index in [0.29, 0.717) is 28.9 Å². The number of tetrazole rings is 7. The highest BCUT2D eigenvalue weighted by molar-refractivity contribution is 5.31. The summed E-state index contributed by atoms with van der Waals surface area (Å²) < 4.78 is 17.7. The van der Waals surface area contributed by atoms with Crippen molar-refractivity contribution in [2.24, 2.45) is 0 Å². The molecule has 3 saturated carbocycles. The fraction of sp³-hybridized carbons (Fsp3) is 0.417. The van der Waals surface area contributed by atoms with Crippen molar-refractivity contribution in [1.29, 1.82) is 0 Å². The molecule has 0 amide bonds. The predicted molar refractivity (Wildman–Crippen MR) is 426 cm³/mol. The summed E-state index contributed by atoms with van der Waals surface area (Å²) in [6, 6.07) is 22.1. The highest BCUT2D eigenvalue weighted by atomic mass is 16.2. The van der Waals surface area contributed by atoms with E-state index in [0.717, 1.165) is 52.6 Å². The van der Waals surface area contributed by atoms with Crippen LogP contribution in [0.1, 0.15) is 200 Å². The molecule has 11 aromatic rings. The van der Waals surface area contributed by atoms with Gasteiger partial charge in [0.25, 0.3) is 0 Å². The lowest BCUT2D eigenvalue weighted by Crippen LogP contribution is -2.27. The second kappa shape index (κ2) is 51.2. The average molecular weight is 1520 g/mol. The van der Waals surface area contributed by atoms with Crippen LogP contribution < -0.4 is 39.8 Å². The summed E-state index contributed by atoms with van der Waals surface area (Å²) in [7, 11) is 0. The zero-order valence-electron chi connectivity index (χ0n) is 64.6. The first-order valence-corrected chi connectivity index (χ1v) is 36.3. The van der Waals surface area contributed by atoms with Crippen LogP contribution in [-0.4, -0.2) is 153 Å². The van der Waals surface area contributed by atoms with Crippen LogP contribution in [-0.2, 0) is 0 Å². The maximum absolute atomic E-state index is 11.8. The Labute approximate surface area is 636 Å². The number of para-hydroxylation sites is 1. The van der Waals surface area contributed by atoms with Gasteiger partial charge >= 0.3 is 39.8 Å². The summed E-state index contributed by atoms with van der Waals surface area (Å²) >= 11 is 0. The molecule has 0 aliphatic heterocycles. The van der Waals surface area contributed by atoms with Crippen molar-refractivity contribution in [3.05, 3.63) is 220 Å². The molecule has 10 heterocycles. The Morgan fingerprint density at radius 1 is 0.282 bits per heavy atom. The number of nitrogens with zero attached hydrogens (tertiary/aromatic N) is 31. The van der Waals surface area contributed by atoms with Crippen molar-refractivity contribution in [3.8, 4) is 22.9 Å². The van der Waals surface area contributed by atoms with Crippen molar-refractivity contribution in [1.82, 2.24) is 153 Å². The Bertz CT molecular complexity index is 4590. The van der Waals surface area contributed by atoms with Crippen molar-refractivity contribution in [2.45, 2.75) is 200 Å². The molecule has 0 atom stereocenters. The molecule has 0 bridgehead atoms. The zero-order chi connectivity index (χ0) is 79.9. The van der Waals surface area contributed by atoms with E-state index >= 15 is 0 Å². The molecule has 590 valence electrons.